The van der Waals surface area contributed by atoms with E-state index in [1.807, 2.05) is 19.9 Å². The predicted molar refractivity (Wildman–Crippen MR) is 87.4 cm³/mol. The molecular formula is C18H22N2O4. The van der Waals surface area contributed by atoms with Crippen molar-refractivity contribution in [2.45, 2.75) is 40.5 Å². The monoisotopic (exact) mass is 330 g/mol. The Morgan fingerprint density at radius 2 is 2.00 bits per heavy atom. The van der Waals surface area contributed by atoms with Gasteiger partial charge in [-0.3, -0.25) is 9.59 Å². The number of allylic oxidation sites excluding steroid dienone is 4. The molecule has 1 spiro atoms. The summed E-state index contributed by atoms with van der Waals surface area (Å²) in [6.07, 6.45) is 3.89. The molecule has 1 fully saturated rings. The van der Waals surface area contributed by atoms with E-state index in [0.717, 1.165) is 34.6 Å². The van der Waals surface area contributed by atoms with Crippen molar-refractivity contribution in [3.8, 4) is 0 Å². The average Bonchev–Trinajstić information content (AvgIpc) is 3.23. The number of nitrogens with two attached hydrogens (primary N) is 1. The molecule has 2 N–H and O–H groups in total. The quantitative estimate of drug-likeness (QED) is 0.787. The maximum Gasteiger partial charge on any atom is 0.348 e. The summed E-state index contributed by atoms with van der Waals surface area (Å²) < 4.78 is 0. The van der Waals surface area contributed by atoms with Crippen molar-refractivity contribution in [1.29, 1.82) is 0 Å². The number of amides is 2. The number of Topliss-reactive ketones (excluding diaryl/α,β-unsaturated/α-hetero) is 1. The zero-order valence-corrected chi connectivity index (χ0v) is 14.4. The predicted octanol–water partition coefficient (Wildman–Crippen LogP) is 2.42. The molecule has 0 radical (unpaired) electrons. The highest BCUT2D eigenvalue weighted by Crippen LogP contribution is 2.63. The molecule has 0 aromatic rings. The summed E-state index contributed by atoms with van der Waals surface area (Å²) >= 11 is 0. The van der Waals surface area contributed by atoms with Crippen LogP contribution in [-0.2, 0) is 14.4 Å². The van der Waals surface area contributed by atoms with E-state index in [9.17, 15) is 14.4 Å². The fraction of sp³-hybridized carbons (Fsp3) is 0.500. The molecule has 0 unspecified atom stereocenters. The van der Waals surface area contributed by atoms with Crippen LogP contribution < -0.4 is 5.73 Å². The Labute approximate surface area is 141 Å². The van der Waals surface area contributed by atoms with Crippen molar-refractivity contribution in [3.05, 3.63) is 33.9 Å². The number of primary amides is 1. The normalized spacial score (nSPS) is 24.1. The highest BCUT2D eigenvalue weighted by Gasteiger charge is 2.56. The summed E-state index contributed by atoms with van der Waals surface area (Å²) in [6, 6.07) is -0.839. The second-order valence-electron chi connectivity index (χ2n) is 6.92. The van der Waals surface area contributed by atoms with Gasteiger partial charge in [0.15, 0.2) is 5.78 Å². The fourth-order valence-corrected chi connectivity index (χ4v) is 4.02. The lowest BCUT2D eigenvalue weighted by molar-refractivity contribution is -0.171. The number of hydrogen-bond donors (Lipinski definition) is 1. The molecule has 3 aliphatic rings. The van der Waals surface area contributed by atoms with Crippen molar-refractivity contribution in [1.82, 2.24) is 5.06 Å². The first-order valence-electron chi connectivity index (χ1n) is 8.12. The topological polar surface area (TPSA) is 89.7 Å². The third-order valence-electron chi connectivity index (χ3n) is 5.59. The molecule has 0 saturated heterocycles. The van der Waals surface area contributed by atoms with E-state index in [1.165, 1.54) is 12.5 Å². The summed E-state index contributed by atoms with van der Waals surface area (Å²) in [7, 11) is 0. The zero-order valence-electron chi connectivity index (χ0n) is 14.4. The maximum absolute atomic E-state index is 12.8. The van der Waals surface area contributed by atoms with E-state index in [-0.39, 0.29) is 23.7 Å². The van der Waals surface area contributed by atoms with E-state index in [1.54, 1.807) is 0 Å². The minimum absolute atomic E-state index is 0.0136. The first kappa shape index (κ1) is 16.5. The fourth-order valence-electron chi connectivity index (χ4n) is 4.02. The average molecular weight is 330 g/mol. The number of fused-ring (bicyclic) bond motifs is 1. The van der Waals surface area contributed by atoms with Gasteiger partial charge in [0.2, 0.25) is 0 Å². The van der Waals surface area contributed by atoms with Gasteiger partial charge < -0.3 is 10.6 Å². The second kappa shape index (κ2) is 5.33. The van der Waals surface area contributed by atoms with Crippen LogP contribution in [0.25, 0.3) is 0 Å². The molecule has 1 saturated carbocycles. The van der Waals surface area contributed by atoms with Crippen molar-refractivity contribution >= 4 is 17.8 Å². The molecule has 0 aromatic carbocycles. The van der Waals surface area contributed by atoms with Gasteiger partial charge in [0, 0.05) is 23.8 Å². The van der Waals surface area contributed by atoms with Crippen molar-refractivity contribution < 1.29 is 19.2 Å². The van der Waals surface area contributed by atoms with E-state index < -0.39 is 12.0 Å². The molecule has 0 aliphatic heterocycles. The number of ketones is 1. The zero-order chi connectivity index (χ0) is 17.8. The highest BCUT2D eigenvalue weighted by atomic mass is 16.7. The Kier molecular flexibility index (Phi) is 3.66. The highest BCUT2D eigenvalue weighted by molar-refractivity contribution is 6.07. The van der Waals surface area contributed by atoms with Crippen LogP contribution in [0.15, 0.2) is 33.9 Å². The Morgan fingerprint density at radius 3 is 2.50 bits per heavy atom. The van der Waals surface area contributed by atoms with Gasteiger partial charge in [-0.2, -0.15) is 0 Å². The minimum Gasteiger partial charge on any atom is -0.349 e. The number of carbonyl (C=O) groups excluding carboxylic acids is 3. The standard InChI is InChI=1S/C18H22N2O4/c1-9-7-13-15(10(2)18(5-6-18)11(3)16(13)22)14(9)8-20(17(19)23)24-12(4)21/h7,11H,5-6,8H2,1-4H3,(H2,19,23)/t11-/m1/s1. The number of nitrogens with zero attached hydrogens (tertiary/aromatic N) is 1. The van der Waals surface area contributed by atoms with E-state index >= 15 is 0 Å². The molecule has 3 aliphatic carbocycles. The minimum atomic E-state index is -0.839. The lowest BCUT2D eigenvalue weighted by atomic mass is 9.70. The van der Waals surface area contributed by atoms with Crippen LogP contribution in [0.2, 0.25) is 0 Å². The van der Waals surface area contributed by atoms with E-state index in [4.69, 9.17) is 10.6 Å². The molecule has 128 valence electrons. The van der Waals surface area contributed by atoms with Gasteiger partial charge in [0.25, 0.3) is 0 Å². The molecule has 1 atom stereocenters. The summed E-state index contributed by atoms with van der Waals surface area (Å²) in [5.74, 6) is -0.475. The Balaban J connectivity index is 2.00. The molecular weight excluding hydrogens is 308 g/mol. The molecule has 3 rings (SSSR count). The number of urea groups is 1. The number of hydroxylamine groups is 2. The van der Waals surface area contributed by atoms with Crippen LogP contribution in [0.5, 0.6) is 0 Å². The van der Waals surface area contributed by atoms with Crippen LogP contribution >= 0.6 is 0 Å². The van der Waals surface area contributed by atoms with Gasteiger partial charge in [0.05, 0.1) is 6.54 Å². The van der Waals surface area contributed by atoms with E-state index in [0.29, 0.717) is 5.57 Å². The second-order valence-corrected chi connectivity index (χ2v) is 6.92. The molecule has 6 heteroatoms. The van der Waals surface area contributed by atoms with Crippen LogP contribution in [0.1, 0.15) is 40.5 Å². The lowest BCUT2D eigenvalue weighted by Crippen LogP contribution is -2.39. The largest absolute Gasteiger partial charge is 0.349 e. The SMILES string of the molecule is CC(=O)ON(CC1=C(C)C=C2C(=O)[C@@H](C)C3(CC3)C(C)=C21)C(N)=O. The van der Waals surface area contributed by atoms with Gasteiger partial charge >= 0.3 is 12.0 Å². The van der Waals surface area contributed by atoms with Crippen LogP contribution in [-0.4, -0.2) is 29.4 Å². The molecule has 6 nitrogen and oxygen atoms in total. The summed E-state index contributed by atoms with van der Waals surface area (Å²) in [6.45, 7) is 7.22. The van der Waals surface area contributed by atoms with Gasteiger partial charge in [-0.1, -0.05) is 12.5 Å². The van der Waals surface area contributed by atoms with Gasteiger partial charge in [-0.25, -0.2) is 4.79 Å². The summed E-state index contributed by atoms with van der Waals surface area (Å²) in [5, 5.41) is 0.848. The number of carbonyl (C=O) groups is 3. The third-order valence-corrected chi connectivity index (χ3v) is 5.59. The molecule has 2 amide bonds. The van der Waals surface area contributed by atoms with Gasteiger partial charge in [-0.05, 0) is 49.5 Å². The summed E-state index contributed by atoms with van der Waals surface area (Å²) in [4.78, 5) is 40.5. The van der Waals surface area contributed by atoms with Gasteiger partial charge in [0.1, 0.15) is 0 Å². The van der Waals surface area contributed by atoms with Crippen molar-refractivity contribution in [2.24, 2.45) is 17.1 Å². The van der Waals surface area contributed by atoms with Crippen molar-refractivity contribution in [2.75, 3.05) is 6.54 Å². The Bertz CT molecular complexity index is 753. The van der Waals surface area contributed by atoms with Crippen LogP contribution in [0.3, 0.4) is 0 Å². The first-order valence-corrected chi connectivity index (χ1v) is 8.12. The number of rotatable bonds is 2. The smallest absolute Gasteiger partial charge is 0.348 e. The first-order chi connectivity index (χ1) is 11.2. The summed E-state index contributed by atoms with van der Waals surface area (Å²) in [5.41, 5.74) is 9.81. The molecule has 0 aromatic heterocycles. The lowest BCUT2D eigenvalue weighted by Gasteiger charge is -2.33. The Hall–Kier alpha value is -2.37. The molecule has 0 heterocycles. The molecule has 0 bridgehead atoms. The van der Waals surface area contributed by atoms with E-state index in [2.05, 4.69) is 6.92 Å². The Morgan fingerprint density at radius 1 is 1.38 bits per heavy atom. The van der Waals surface area contributed by atoms with Crippen LogP contribution in [0, 0.1) is 11.3 Å². The molecule has 24 heavy (non-hydrogen) atoms. The van der Waals surface area contributed by atoms with Gasteiger partial charge in [-0.15, -0.1) is 5.06 Å². The third kappa shape index (κ3) is 2.28. The maximum atomic E-state index is 12.8. The number of hydrogen-bond acceptors (Lipinski definition) is 4. The van der Waals surface area contributed by atoms with Crippen molar-refractivity contribution in [3.63, 3.8) is 0 Å². The van der Waals surface area contributed by atoms with Crippen LogP contribution in [0.4, 0.5) is 4.79 Å².